The number of nitrogens with one attached hydrogen (secondary N) is 1. The Morgan fingerprint density at radius 1 is 1.00 bits per heavy atom. The fraction of sp³-hybridized carbons (Fsp3) is 0.0625. The molecule has 1 amide bonds. The van der Waals surface area contributed by atoms with Crippen LogP contribution in [0.5, 0.6) is 0 Å². The van der Waals surface area contributed by atoms with Crippen molar-refractivity contribution >= 4 is 68.8 Å². The first-order valence-electron chi connectivity index (χ1n) is 6.95. The predicted molar refractivity (Wildman–Crippen MR) is 104 cm³/mol. The van der Waals surface area contributed by atoms with E-state index in [1.165, 1.54) is 23.5 Å². The third-order valence-corrected chi connectivity index (χ3v) is 5.19. The maximum absolute atomic E-state index is 12.3. The molecule has 4 nitrogen and oxygen atoms in total. The summed E-state index contributed by atoms with van der Waals surface area (Å²) in [7, 11) is 0. The average molecular weight is 433 g/mol. The molecule has 1 aromatic heterocycles. The molecule has 0 aliphatic heterocycles. The summed E-state index contributed by atoms with van der Waals surface area (Å²) in [6.07, 6.45) is 0.426. The van der Waals surface area contributed by atoms with E-state index in [1.54, 1.807) is 24.3 Å². The van der Waals surface area contributed by atoms with Gasteiger partial charge in [-0.25, -0.2) is 0 Å². The van der Waals surface area contributed by atoms with Crippen LogP contribution in [0.25, 0.3) is 0 Å². The number of nitrogens with zero attached hydrogens (tertiary/aromatic N) is 2. The zero-order chi connectivity index (χ0) is 18.0. The molecule has 3 rings (SSSR count). The van der Waals surface area contributed by atoms with E-state index in [1.807, 2.05) is 0 Å². The van der Waals surface area contributed by atoms with Gasteiger partial charge in [0.25, 0.3) is 5.91 Å². The Balaban J connectivity index is 1.74. The van der Waals surface area contributed by atoms with Gasteiger partial charge in [-0.15, -0.1) is 10.2 Å². The maximum Gasteiger partial charge on any atom is 0.257 e. The van der Waals surface area contributed by atoms with Crippen LogP contribution < -0.4 is 5.32 Å². The average Bonchev–Trinajstić information content (AvgIpc) is 2.97. The lowest BCUT2D eigenvalue weighted by Gasteiger charge is -2.04. The fourth-order valence-corrected chi connectivity index (χ4v) is 3.89. The molecule has 0 saturated carbocycles. The van der Waals surface area contributed by atoms with E-state index in [2.05, 4.69) is 15.5 Å². The minimum absolute atomic E-state index is 0.336. The first-order valence-corrected chi connectivity index (χ1v) is 9.28. The molecule has 0 spiro atoms. The summed E-state index contributed by atoms with van der Waals surface area (Å²) in [5.41, 5.74) is 1.10. The first kappa shape index (κ1) is 18.4. The van der Waals surface area contributed by atoms with Crippen molar-refractivity contribution in [3.05, 3.63) is 72.6 Å². The monoisotopic (exact) mass is 431 g/mol. The molecule has 25 heavy (non-hydrogen) atoms. The number of anilines is 1. The van der Waals surface area contributed by atoms with Gasteiger partial charge in [-0.2, -0.15) is 0 Å². The van der Waals surface area contributed by atoms with Gasteiger partial charge in [-0.3, -0.25) is 10.1 Å². The van der Waals surface area contributed by atoms with E-state index in [0.717, 1.165) is 5.56 Å². The van der Waals surface area contributed by atoms with Crippen molar-refractivity contribution < 1.29 is 4.79 Å². The summed E-state index contributed by atoms with van der Waals surface area (Å²) in [5.74, 6) is -0.372. The molecule has 3 aromatic rings. The summed E-state index contributed by atoms with van der Waals surface area (Å²) in [6.45, 7) is 0. The molecule has 0 saturated heterocycles. The van der Waals surface area contributed by atoms with E-state index >= 15 is 0 Å². The summed E-state index contributed by atoms with van der Waals surface area (Å²) in [6, 6.07) is 9.89. The summed E-state index contributed by atoms with van der Waals surface area (Å²) < 4.78 is 0. The molecule has 2 aromatic carbocycles. The van der Waals surface area contributed by atoms with Crippen molar-refractivity contribution in [2.75, 3.05) is 5.32 Å². The zero-order valence-corrected chi connectivity index (χ0v) is 16.2. The van der Waals surface area contributed by atoms with E-state index in [4.69, 9.17) is 46.4 Å². The fourth-order valence-electron chi connectivity index (χ4n) is 2.08. The topological polar surface area (TPSA) is 54.9 Å². The van der Waals surface area contributed by atoms with Crippen LogP contribution in [0.1, 0.15) is 20.9 Å². The van der Waals surface area contributed by atoms with E-state index in [-0.39, 0.29) is 5.91 Å². The molecule has 0 radical (unpaired) electrons. The van der Waals surface area contributed by atoms with E-state index in [0.29, 0.717) is 42.2 Å². The second kappa shape index (κ2) is 7.89. The summed E-state index contributed by atoms with van der Waals surface area (Å²) in [4.78, 5) is 12.3. The van der Waals surface area contributed by atoms with Gasteiger partial charge in [0.05, 0.1) is 0 Å². The highest BCUT2D eigenvalue weighted by Gasteiger charge is 2.14. The maximum atomic E-state index is 12.3. The number of carbonyl (C=O) groups is 1. The molecular formula is C16H9Cl4N3OS. The number of halogens is 4. The highest BCUT2D eigenvalue weighted by Crippen LogP contribution is 2.29. The van der Waals surface area contributed by atoms with Crippen molar-refractivity contribution in [1.29, 1.82) is 0 Å². The first-order chi connectivity index (χ1) is 11.9. The molecule has 1 N–H and O–H groups in total. The van der Waals surface area contributed by atoms with Gasteiger partial charge in [-0.05, 0) is 35.9 Å². The smallest absolute Gasteiger partial charge is 0.257 e. The molecule has 0 aliphatic rings. The Hall–Kier alpha value is -1.37. The molecule has 0 fully saturated rings. The van der Waals surface area contributed by atoms with Gasteiger partial charge in [0.1, 0.15) is 5.01 Å². The predicted octanol–water partition coefficient (Wildman–Crippen LogP) is 5.99. The molecule has 0 bridgehead atoms. The van der Waals surface area contributed by atoms with Gasteiger partial charge in [0.2, 0.25) is 5.13 Å². The van der Waals surface area contributed by atoms with Crippen molar-refractivity contribution in [3.63, 3.8) is 0 Å². The Morgan fingerprint density at radius 2 is 1.64 bits per heavy atom. The highest BCUT2D eigenvalue weighted by molar-refractivity contribution is 7.15. The minimum atomic E-state index is -0.372. The Kier molecular flexibility index (Phi) is 5.81. The van der Waals surface area contributed by atoms with Crippen molar-refractivity contribution in [3.8, 4) is 0 Å². The summed E-state index contributed by atoms with van der Waals surface area (Å²) >= 11 is 25.4. The van der Waals surface area contributed by atoms with Crippen LogP contribution in [0, 0.1) is 0 Å². The van der Waals surface area contributed by atoms with Crippen molar-refractivity contribution in [1.82, 2.24) is 10.2 Å². The second-order valence-electron chi connectivity index (χ2n) is 4.99. The van der Waals surface area contributed by atoms with Crippen LogP contribution >= 0.6 is 57.7 Å². The van der Waals surface area contributed by atoms with Crippen LogP contribution in [0.15, 0.2) is 36.4 Å². The number of hydrogen-bond acceptors (Lipinski definition) is 4. The van der Waals surface area contributed by atoms with Gasteiger partial charge in [-0.1, -0.05) is 63.8 Å². The number of carbonyl (C=O) groups excluding carboxylic acids is 1. The highest BCUT2D eigenvalue weighted by atomic mass is 35.5. The number of hydrogen-bond donors (Lipinski definition) is 1. The van der Waals surface area contributed by atoms with Gasteiger partial charge >= 0.3 is 0 Å². The lowest BCUT2D eigenvalue weighted by Crippen LogP contribution is -2.11. The number of amides is 1. The lowest BCUT2D eigenvalue weighted by molar-refractivity contribution is 0.102. The molecule has 1 heterocycles. The number of aromatic nitrogens is 2. The van der Waals surface area contributed by atoms with Gasteiger partial charge < -0.3 is 0 Å². The van der Waals surface area contributed by atoms with E-state index < -0.39 is 0 Å². The Morgan fingerprint density at radius 3 is 2.28 bits per heavy atom. The molecule has 0 aliphatic carbocycles. The van der Waals surface area contributed by atoms with Crippen LogP contribution in [0.4, 0.5) is 5.13 Å². The summed E-state index contributed by atoms with van der Waals surface area (Å²) in [5, 5.41) is 13.6. The van der Waals surface area contributed by atoms with Crippen molar-refractivity contribution in [2.24, 2.45) is 0 Å². The largest absolute Gasteiger partial charge is 0.296 e. The van der Waals surface area contributed by atoms with Crippen LogP contribution in [0.3, 0.4) is 0 Å². The normalized spacial score (nSPS) is 10.7. The Bertz CT molecular complexity index is 904. The second-order valence-corrected chi connectivity index (χ2v) is 7.74. The quantitative estimate of drug-likeness (QED) is 0.550. The van der Waals surface area contributed by atoms with Crippen LogP contribution in [-0.2, 0) is 6.42 Å². The molecule has 9 heteroatoms. The number of rotatable bonds is 4. The van der Waals surface area contributed by atoms with Crippen molar-refractivity contribution in [2.45, 2.75) is 6.42 Å². The zero-order valence-electron chi connectivity index (χ0n) is 12.4. The van der Waals surface area contributed by atoms with Gasteiger partial charge in [0, 0.05) is 32.1 Å². The molecular weight excluding hydrogens is 424 g/mol. The Labute approximate surface area is 167 Å². The van der Waals surface area contributed by atoms with E-state index in [9.17, 15) is 4.79 Å². The van der Waals surface area contributed by atoms with Crippen LogP contribution in [-0.4, -0.2) is 16.1 Å². The third-order valence-electron chi connectivity index (χ3n) is 3.20. The molecule has 0 atom stereocenters. The molecule has 0 unspecified atom stereocenters. The SMILES string of the molecule is O=C(Nc1nnc(Cc2c(Cl)cccc2Cl)s1)c1cc(Cl)cc(Cl)c1. The molecule has 128 valence electrons. The standard InChI is InChI=1S/C16H9Cl4N3OS/c17-9-4-8(5-10(18)6-9)15(24)21-16-23-22-14(25-16)7-11-12(19)2-1-3-13(11)20/h1-6H,7H2,(H,21,23,24). The minimum Gasteiger partial charge on any atom is -0.296 e. The lowest BCUT2D eigenvalue weighted by atomic mass is 10.1. The third kappa shape index (κ3) is 4.63. The van der Waals surface area contributed by atoms with Crippen LogP contribution in [0.2, 0.25) is 20.1 Å². The van der Waals surface area contributed by atoms with Gasteiger partial charge in [0.15, 0.2) is 0 Å². The number of benzene rings is 2.